The Morgan fingerprint density at radius 2 is 1.83 bits per heavy atom. The first-order valence-electron chi connectivity index (χ1n) is 10.4. The summed E-state index contributed by atoms with van der Waals surface area (Å²) in [5.74, 6) is 1.91. The van der Waals surface area contributed by atoms with Gasteiger partial charge in [0.05, 0.1) is 14.2 Å². The zero-order valence-corrected chi connectivity index (χ0v) is 18.5. The monoisotopic (exact) mass is 405 g/mol. The van der Waals surface area contributed by atoms with Crippen molar-refractivity contribution in [3.05, 3.63) is 23.8 Å². The van der Waals surface area contributed by atoms with Crippen molar-refractivity contribution in [2.24, 2.45) is 17.8 Å². The summed E-state index contributed by atoms with van der Waals surface area (Å²) in [5, 5.41) is 2.75. The SMILES string of the molecule is COc1ccc(CC(NC(C)=O)C(=O)OC2CC(C)CCC2C(C)C)cc1OC. The molecular formula is C23H35NO5. The van der Waals surface area contributed by atoms with E-state index in [-0.39, 0.29) is 18.0 Å². The summed E-state index contributed by atoms with van der Waals surface area (Å²) in [4.78, 5) is 24.7. The van der Waals surface area contributed by atoms with Gasteiger partial charge in [0.1, 0.15) is 12.1 Å². The number of hydrogen-bond acceptors (Lipinski definition) is 5. The van der Waals surface area contributed by atoms with Crippen LogP contribution in [-0.4, -0.2) is 38.2 Å². The van der Waals surface area contributed by atoms with Crippen LogP contribution >= 0.6 is 0 Å². The largest absolute Gasteiger partial charge is 0.493 e. The molecule has 1 aliphatic carbocycles. The van der Waals surface area contributed by atoms with E-state index in [1.807, 2.05) is 12.1 Å². The first-order chi connectivity index (χ1) is 13.7. The number of benzene rings is 1. The van der Waals surface area contributed by atoms with E-state index in [9.17, 15) is 9.59 Å². The van der Waals surface area contributed by atoms with Crippen molar-refractivity contribution in [2.75, 3.05) is 14.2 Å². The summed E-state index contributed by atoms with van der Waals surface area (Å²) in [6, 6.07) is 4.74. The van der Waals surface area contributed by atoms with Crippen LogP contribution in [0.4, 0.5) is 0 Å². The summed E-state index contributed by atoms with van der Waals surface area (Å²) < 4.78 is 16.6. The fraction of sp³-hybridized carbons (Fsp3) is 0.652. The molecule has 1 aromatic carbocycles. The molecule has 29 heavy (non-hydrogen) atoms. The van der Waals surface area contributed by atoms with Crippen molar-refractivity contribution in [3.63, 3.8) is 0 Å². The topological polar surface area (TPSA) is 73.9 Å². The zero-order chi connectivity index (χ0) is 21.6. The van der Waals surface area contributed by atoms with Gasteiger partial charge in [0.2, 0.25) is 5.91 Å². The number of carbonyl (C=O) groups is 2. The predicted molar refractivity (Wildman–Crippen MR) is 112 cm³/mol. The van der Waals surface area contributed by atoms with Gasteiger partial charge >= 0.3 is 5.97 Å². The summed E-state index contributed by atoms with van der Waals surface area (Å²) >= 11 is 0. The summed E-state index contributed by atoms with van der Waals surface area (Å²) in [5.41, 5.74) is 0.857. The lowest BCUT2D eigenvalue weighted by Crippen LogP contribution is -2.45. The Balaban J connectivity index is 2.16. The van der Waals surface area contributed by atoms with Gasteiger partial charge in [-0.15, -0.1) is 0 Å². The Hall–Kier alpha value is -2.24. The molecule has 1 amide bonds. The Morgan fingerprint density at radius 3 is 2.41 bits per heavy atom. The van der Waals surface area contributed by atoms with Crippen molar-refractivity contribution >= 4 is 11.9 Å². The fourth-order valence-electron chi connectivity index (χ4n) is 4.16. The van der Waals surface area contributed by atoms with E-state index in [4.69, 9.17) is 14.2 Å². The van der Waals surface area contributed by atoms with E-state index >= 15 is 0 Å². The molecule has 6 heteroatoms. The number of ether oxygens (including phenoxy) is 3. The molecule has 0 heterocycles. The molecule has 0 spiro atoms. The highest BCUT2D eigenvalue weighted by Gasteiger charge is 2.35. The van der Waals surface area contributed by atoms with Gasteiger partial charge in [-0.25, -0.2) is 4.79 Å². The molecule has 6 nitrogen and oxygen atoms in total. The van der Waals surface area contributed by atoms with Crippen molar-refractivity contribution in [2.45, 2.75) is 65.5 Å². The summed E-state index contributed by atoms with van der Waals surface area (Å²) in [6.07, 6.45) is 3.33. The van der Waals surface area contributed by atoms with Gasteiger partial charge in [0.15, 0.2) is 11.5 Å². The van der Waals surface area contributed by atoms with Crippen LogP contribution in [0.25, 0.3) is 0 Å². The number of hydrogen-bond donors (Lipinski definition) is 1. The first-order valence-corrected chi connectivity index (χ1v) is 10.4. The maximum atomic E-state index is 13.0. The number of esters is 1. The number of carbonyl (C=O) groups excluding carboxylic acids is 2. The number of amides is 1. The number of methoxy groups -OCH3 is 2. The molecule has 2 rings (SSSR count). The zero-order valence-electron chi connectivity index (χ0n) is 18.5. The highest BCUT2D eigenvalue weighted by Crippen LogP contribution is 2.35. The van der Waals surface area contributed by atoms with Gasteiger partial charge in [0, 0.05) is 13.3 Å². The molecule has 1 aliphatic rings. The van der Waals surface area contributed by atoms with Crippen LogP contribution in [0.1, 0.15) is 52.5 Å². The van der Waals surface area contributed by atoms with Crippen LogP contribution in [0, 0.1) is 17.8 Å². The second kappa shape index (κ2) is 10.5. The Bertz CT molecular complexity index is 703. The normalized spacial score (nSPS) is 22.7. The minimum Gasteiger partial charge on any atom is -0.493 e. The molecule has 4 unspecified atom stereocenters. The average molecular weight is 406 g/mol. The first kappa shape index (κ1) is 23.0. The summed E-state index contributed by atoms with van der Waals surface area (Å²) in [7, 11) is 3.14. The third-order valence-corrected chi connectivity index (χ3v) is 5.78. The molecule has 1 fully saturated rings. The van der Waals surface area contributed by atoms with Gasteiger partial charge in [0.25, 0.3) is 0 Å². The summed E-state index contributed by atoms with van der Waals surface area (Å²) in [6.45, 7) is 7.97. The molecule has 0 aliphatic heterocycles. The Kier molecular flexibility index (Phi) is 8.35. The molecule has 0 bridgehead atoms. The Labute approximate surface area is 174 Å². The van der Waals surface area contributed by atoms with Gasteiger partial charge in [-0.3, -0.25) is 4.79 Å². The van der Waals surface area contributed by atoms with Crippen LogP contribution in [0.15, 0.2) is 18.2 Å². The maximum Gasteiger partial charge on any atom is 0.329 e. The average Bonchev–Trinajstić information content (AvgIpc) is 2.66. The van der Waals surface area contributed by atoms with Crippen molar-refractivity contribution in [3.8, 4) is 11.5 Å². The molecule has 1 N–H and O–H groups in total. The third-order valence-electron chi connectivity index (χ3n) is 5.78. The van der Waals surface area contributed by atoms with Crippen LogP contribution in [0.3, 0.4) is 0 Å². The molecule has 0 radical (unpaired) electrons. The van der Waals surface area contributed by atoms with E-state index in [0.717, 1.165) is 24.8 Å². The smallest absolute Gasteiger partial charge is 0.329 e. The second-order valence-corrected chi connectivity index (χ2v) is 8.45. The predicted octanol–water partition coefficient (Wildman–Crippen LogP) is 3.76. The van der Waals surface area contributed by atoms with Gasteiger partial charge in [-0.05, 0) is 48.3 Å². The standard InChI is InChI=1S/C23H35NO5/c1-14(2)18-9-7-15(3)11-21(18)29-23(26)19(24-16(4)25)12-17-8-10-20(27-5)22(13-17)28-6/h8,10,13-15,18-19,21H,7,9,11-12H2,1-6H3,(H,24,25). The minimum absolute atomic E-state index is 0.104. The lowest BCUT2D eigenvalue weighted by Gasteiger charge is -2.37. The lowest BCUT2D eigenvalue weighted by atomic mass is 9.75. The van der Waals surface area contributed by atoms with Crippen LogP contribution in [0.2, 0.25) is 0 Å². The fourth-order valence-corrected chi connectivity index (χ4v) is 4.16. The highest BCUT2D eigenvalue weighted by atomic mass is 16.5. The molecular weight excluding hydrogens is 370 g/mol. The lowest BCUT2D eigenvalue weighted by molar-refractivity contribution is -0.159. The molecule has 4 atom stereocenters. The highest BCUT2D eigenvalue weighted by molar-refractivity contribution is 5.83. The van der Waals surface area contributed by atoms with Crippen LogP contribution in [-0.2, 0) is 20.7 Å². The van der Waals surface area contributed by atoms with Crippen molar-refractivity contribution < 1.29 is 23.8 Å². The van der Waals surface area contributed by atoms with E-state index < -0.39 is 6.04 Å². The van der Waals surface area contributed by atoms with Gasteiger partial charge < -0.3 is 19.5 Å². The third kappa shape index (κ3) is 6.38. The molecule has 0 aromatic heterocycles. The van der Waals surface area contributed by atoms with E-state index in [2.05, 4.69) is 26.1 Å². The molecule has 1 aromatic rings. The van der Waals surface area contributed by atoms with E-state index in [0.29, 0.717) is 35.7 Å². The molecule has 0 saturated heterocycles. The van der Waals surface area contributed by atoms with Crippen molar-refractivity contribution in [1.82, 2.24) is 5.32 Å². The van der Waals surface area contributed by atoms with Crippen LogP contribution < -0.4 is 14.8 Å². The van der Waals surface area contributed by atoms with Gasteiger partial charge in [-0.2, -0.15) is 0 Å². The maximum absolute atomic E-state index is 13.0. The van der Waals surface area contributed by atoms with E-state index in [1.54, 1.807) is 20.3 Å². The second-order valence-electron chi connectivity index (χ2n) is 8.45. The quantitative estimate of drug-likeness (QED) is 0.667. The van der Waals surface area contributed by atoms with Crippen molar-refractivity contribution in [1.29, 1.82) is 0 Å². The van der Waals surface area contributed by atoms with Crippen LogP contribution in [0.5, 0.6) is 11.5 Å². The Morgan fingerprint density at radius 1 is 1.14 bits per heavy atom. The van der Waals surface area contributed by atoms with E-state index in [1.165, 1.54) is 6.92 Å². The van der Waals surface area contributed by atoms with Gasteiger partial charge in [-0.1, -0.05) is 33.3 Å². The molecule has 162 valence electrons. The number of rotatable bonds is 8. The molecule has 1 saturated carbocycles. The number of nitrogens with one attached hydrogen (secondary N) is 1. The minimum atomic E-state index is -0.740.